The number of hydrogen-bond donors (Lipinski definition) is 1. The molecule has 2 nitrogen and oxygen atoms in total. The van der Waals surface area contributed by atoms with Crippen LogP contribution >= 0.6 is 11.3 Å². The number of rotatable bonds is 2. The second kappa shape index (κ2) is 4.17. The van der Waals surface area contributed by atoms with Crippen LogP contribution in [0.4, 0.5) is 5.69 Å². The van der Waals surface area contributed by atoms with Crippen molar-refractivity contribution in [2.24, 2.45) is 0 Å². The molecule has 0 fully saturated rings. The Kier molecular flexibility index (Phi) is 2.65. The molecule has 0 radical (unpaired) electrons. The van der Waals surface area contributed by atoms with Gasteiger partial charge in [0.15, 0.2) is 0 Å². The Balaban J connectivity index is 1.79. The Morgan fingerprint density at radius 3 is 2.88 bits per heavy atom. The fraction of sp³-hybridized carbons (Fsp3) is 0.286. The summed E-state index contributed by atoms with van der Waals surface area (Å²) < 4.78 is 0. The fourth-order valence-electron chi connectivity index (χ4n) is 2.42. The van der Waals surface area contributed by atoms with Crippen LogP contribution in [-0.4, -0.2) is 4.90 Å². The second-order valence-electron chi connectivity index (χ2n) is 4.71. The summed E-state index contributed by atoms with van der Waals surface area (Å²) in [6.45, 7) is 5.22. The normalized spacial score (nSPS) is 15.1. The van der Waals surface area contributed by atoms with Crippen molar-refractivity contribution in [3.05, 3.63) is 51.2 Å². The summed E-state index contributed by atoms with van der Waals surface area (Å²) in [5.74, 6) is 0. The molecule has 1 aliphatic heterocycles. The molecule has 17 heavy (non-hydrogen) atoms. The van der Waals surface area contributed by atoms with Crippen LogP contribution in [0.3, 0.4) is 0 Å². The maximum atomic E-state index is 6.01. The smallest absolute Gasteiger partial charge is 0.0363 e. The van der Waals surface area contributed by atoms with Gasteiger partial charge in [-0.2, -0.15) is 11.3 Å². The SMILES string of the molecule is Cc1cscc1CN1Cc2cccc(N)c2C1. The van der Waals surface area contributed by atoms with Gasteiger partial charge in [-0.1, -0.05) is 12.1 Å². The minimum Gasteiger partial charge on any atom is -0.398 e. The molecule has 0 amide bonds. The summed E-state index contributed by atoms with van der Waals surface area (Å²) in [5, 5.41) is 4.47. The van der Waals surface area contributed by atoms with E-state index in [1.165, 1.54) is 22.3 Å². The van der Waals surface area contributed by atoms with Gasteiger partial charge in [-0.05, 0) is 46.0 Å². The Morgan fingerprint density at radius 2 is 2.18 bits per heavy atom. The number of benzene rings is 1. The molecule has 88 valence electrons. The molecule has 1 aliphatic rings. The van der Waals surface area contributed by atoms with Crippen LogP contribution in [0.1, 0.15) is 22.3 Å². The highest BCUT2D eigenvalue weighted by Crippen LogP contribution is 2.29. The Bertz CT molecular complexity index is 543. The first-order valence-corrected chi connectivity index (χ1v) is 6.78. The zero-order valence-electron chi connectivity index (χ0n) is 9.94. The number of thiophene rings is 1. The second-order valence-corrected chi connectivity index (χ2v) is 5.45. The largest absolute Gasteiger partial charge is 0.398 e. The third kappa shape index (κ3) is 1.96. The molecule has 2 heterocycles. The molecule has 1 aromatic carbocycles. The molecular formula is C14H16N2S. The number of nitrogen functional groups attached to an aromatic ring is 1. The molecule has 0 spiro atoms. The predicted octanol–water partition coefficient (Wildman–Crippen LogP) is 3.15. The molecule has 3 heteroatoms. The summed E-state index contributed by atoms with van der Waals surface area (Å²) in [4.78, 5) is 2.45. The van der Waals surface area contributed by atoms with Gasteiger partial charge in [0.1, 0.15) is 0 Å². The monoisotopic (exact) mass is 244 g/mol. The highest BCUT2D eigenvalue weighted by Gasteiger charge is 2.21. The molecule has 2 N–H and O–H groups in total. The van der Waals surface area contributed by atoms with Gasteiger partial charge in [-0.3, -0.25) is 4.90 Å². The first-order chi connectivity index (χ1) is 8.24. The quantitative estimate of drug-likeness (QED) is 0.822. The molecule has 0 saturated heterocycles. The van der Waals surface area contributed by atoms with E-state index in [0.717, 1.165) is 25.3 Å². The van der Waals surface area contributed by atoms with E-state index in [4.69, 9.17) is 5.73 Å². The summed E-state index contributed by atoms with van der Waals surface area (Å²) in [7, 11) is 0. The van der Waals surface area contributed by atoms with Crippen molar-refractivity contribution in [3.8, 4) is 0 Å². The Morgan fingerprint density at radius 1 is 1.29 bits per heavy atom. The minimum atomic E-state index is 0.937. The highest BCUT2D eigenvalue weighted by atomic mass is 32.1. The molecule has 0 saturated carbocycles. The molecule has 0 atom stereocenters. The van der Waals surface area contributed by atoms with Gasteiger partial charge in [-0.15, -0.1) is 0 Å². The van der Waals surface area contributed by atoms with Crippen LogP contribution in [0, 0.1) is 6.92 Å². The van der Waals surface area contributed by atoms with E-state index >= 15 is 0 Å². The lowest BCUT2D eigenvalue weighted by Gasteiger charge is -2.14. The summed E-state index contributed by atoms with van der Waals surface area (Å²) in [6, 6.07) is 6.23. The van der Waals surface area contributed by atoms with Crippen molar-refractivity contribution < 1.29 is 0 Å². The maximum Gasteiger partial charge on any atom is 0.0363 e. The Hall–Kier alpha value is -1.32. The third-order valence-corrected chi connectivity index (χ3v) is 4.35. The van der Waals surface area contributed by atoms with Gasteiger partial charge in [0.2, 0.25) is 0 Å². The van der Waals surface area contributed by atoms with Crippen LogP contribution in [0.2, 0.25) is 0 Å². The first-order valence-electron chi connectivity index (χ1n) is 5.84. The van der Waals surface area contributed by atoms with Crippen LogP contribution in [-0.2, 0) is 19.6 Å². The van der Waals surface area contributed by atoms with Crippen molar-refractivity contribution in [1.29, 1.82) is 0 Å². The minimum absolute atomic E-state index is 0.937. The molecular weight excluding hydrogens is 228 g/mol. The lowest BCUT2D eigenvalue weighted by molar-refractivity contribution is 0.275. The summed E-state index contributed by atoms with van der Waals surface area (Å²) >= 11 is 1.79. The number of anilines is 1. The number of nitrogens with zero attached hydrogens (tertiary/aromatic N) is 1. The van der Waals surface area contributed by atoms with Gasteiger partial charge < -0.3 is 5.73 Å². The van der Waals surface area contributed by atoms with Crippen molar-refractivity contribution in [1.82, 2.24) is 4.90 Å². The summed E-state index contributed by atoms with van der Waals surface area (Å²) in [6.07, 6.45) is 0. The molecule has 0 aliphatic carbocycles. The number of nitrogens with two attached hydrogens (primary N) is 1. The third-order valence-electron chi connectivity index (χ3n) is 3.44. The lowest BCUT2D eigenvalue weighted by atomic mass is 10.1. The van der Waals surface area contributed by atoms with E-state index in [0.29, 0.717) is 0 Å². The van der Waals surface area contributed by atoms with Crippen LogP contribution < -0.4 is 5.73 Å². The topological polar surface area (TPSA) is 29.3 Å². The first kappa shape index (κ1) is 10.8. The standard InChI is InChI=1S/C14H16N2S/c1-10-8-17-9-12(10)6-16-5-11-3-2-4-14(15)13(11)7-16/h2-4,8-9H,5-7,15H2,1H3. The van der Waals surface area contributed by atoms with Crippen molar-refractivity contribution in [2.45, 2.75) is 26.6 Å². The van der Waals surface area contributed by atoms with Gasteiger partial charge >= 0.3 is 0 Å². The zero-order valence-corrected chi connectivity index (χ0v) is 10.8. The van der Waals surface area contributed by atoms with Gasteiger partial charge in [-0.25, -0.2) is 0 Å². The van der Waals surface area contributed by atoms with E-state index in [1.807, 2.05) is 12.1 Å². The van der Waals surface area contributed by atoms with Crippen molar-refractivity contribution in [2.75, 3.05) is 5.73 Å². The molecule has 1 aromatic heterocycles. The molecule has 3 rings (SSSR count). The number of hydrogen-bond acceptors (Lipinski definition) is 3. The van der Waals surface area contributed by atoms with E-state index in [1.54, 1.807) is 11.3 Å². The van der Waals surface area contributed by atoms with E-state index < -0.39 is 0 Å². The highest BCUT2D eigenvalue weighted by molar-refractivity contribution is 7.08. The molecule has 0 unspecified atom stereocenters. The average molecular weight is 244 g/mol. The Labute approximate surface area is 106 Å². The molecule has 2 aromatic rings. The van der Waals surface area contributed by atoms with Crippen LogP contribution in [0.25, 0.3) is 0 Å². The fourth-order valence-corrected chi connectivity index (χ4v) is 3.27. The lowest BCUT2D eigenvalue weighted by Crippen LogP contribution is -2.15. The van der Waals surface area contributed by atoms with Crippen molar-refractivity contribution in [3.63, 3.8) is 0 Å². The van der Waals surface area contributed by atoms with Crippen molar-refractivity contribution >= 4 is 17.0 Å². The van der Waals surface area contributed by atoms with Crippen LogP contribution in [0.5, 0.6) is 0 Å². The van der Waals surface area contributed by atoms with E-state index in [2.05, 4.69) is 28.7 Å². The number of aryl methyl sites for hydroxylation is 1. The maximum absolute atomic E-state index is 6.01. The zero-order chi connectivity index (χ0) is 11.8. The summed E-state index contributed by atoms with van der Waals surface area (Å²) in [5.41, 5.74) is 12.5. The van der Waals surface area contributed by atoms with E-state index in [9.17, 15) is 0 Å². The van der Waals surface area contributed by atoms with Gasteiger partial charge in [0, 0.05) is 25.3 Å². The number of fused-ring (bicyclic) bond motifs is 1. The van der Waals surface area contributed by atoms with E-state index in [-0.39, 0.29) is 0 Å². The van der Waals surface area contributed by atoms with Crippen LogP contribution in [0.15, 0.2) is 29.0 Å². The predicted molar refractivity (Wildman–Crippen MR) is 72.9 cm³/mol. The molecule has 0 bridgehead atoms. The average Bonchev–Trinajstić information content (AvgIpc) is 2.87. The van der Waals surface area contributed by atoms with Gasteiger partial charge in [0.25, 0.3) is 0 Å². The van der Waals surface area contributed by atoms with Gasteiger partial charge in [0.05, 0.1) is 0 Å².